The van der Waals surface area contributed by atoms with Gasteiger partial charge in [-0.3, -0.25) is 4.99 Å². The Morgan fingerprint density at radius 3 is 2.71 bits per heavy atom. The van der Waals surface area contributed by atoms with Crippen molar-refractivity contribution in [3.63, 3.8) is 0 Å². The van der Waals surface area contributed by atoms with E-state index in [2.05, 4.69) is 23.7 Å². The number of nitrogens with zero attached hydrogens (tertiary/aromatic N) is 2. The maximum Gasteiger partial charge on any atom is 0.192 e. The van der Waals surface area contributed by atoms with Gasteiger partial charge in [-0.1, -0.05) is 19.8 Å². The van der Waals surface area contributed by atoms with E-state index in [1.165, 1.54) is 25.7 Å². The molecule has 0 bridgehead atoms. The Hall–Kier alpha value is -0.730. The van der Waals surface area contributed by atoms with E-state index >= 15 is 0 Å². The number of hydrogen-bond donors (Lipinski definition) is 1. The van der Waals surface area contributed by atoms with Gasteiger partial charge in [0.1, 0.15) is 0 Å². The zero-order valence-electron chi connectivity index (χ0n) is 9.29. The highest BCUT2D eigenvalue weighted by Crippen LogP contribution is 2.39. The molecular weight excluding hydrogens is 174 g/mol. The Morgan fingerprint density at radius 2 is 2.14 bits per heavy atom. The first-order chi connectivity index (χ1) is 6.69. The highest BCUT2D eigenvalue weighted by molar-refractivity contribution is 5.81. The number of aliphatic imine (C=N–C) groups is 1. The van der Waals surface area contributed by atoms with Crippen molar-refractivity contribution in [3.05, 3.63) is 0 Å². The van der Waals surface area contributed by atoms with Gasteiger partial charge in [0.2, 0.25) is 0 Å². The van der Waals surface area contributed by atoms with Crippen molar-refractivity contribution in [2.24, 2.45) is 10.7 Å². The largest absolute Gasteiger partial charge is 0.370 e. The normalized spacial score (nSPS) is 27.0. The summed E-state index contributed by atoms with van der Waals surface area (Å²) >= 11 is 0. The molecule has 0 radical (unpaired) electrons. The van der Waals surface area contributed by atoms with Crippen LogP contribution in [0.2, 0.25) is 0 Å². The average molecular weight is 195 g/mol. The minimum atomic E-state index is 0.305. The predicted octanol–water partition coefficient (Wildman–Crippen LogP) is 1.73. The number of guanidine groups is 1. The molecule has 0 aromatic carbocycles. The first kappa shape index (κ1) is 9.81. The molecule has 14 heavy (non-hydrogen) atoms. The molecule has 2 rings (SSSR count). The summed E-state index contributed by atoms with van der Waals surface area (Å²) < 4.78 is 0. The molecule has 1 aliphatic carbocycles. The summed E-state index contributed by atoms with van der Waals surface area (Å²) in [7, 11) is 0. The highest BCUT2D eigenvalue weighted by atomic mass is 15.4. The predicted molar refractivity (Wildman–Crippen MR) is 59.3 cm³/mol. The number of hydrogen-bond acceptors (Lipinski definition) is 3. The molecular formula is C11H21N3. The van der Waals surface area contributed by atoms with Gasteiger partial charge < -0.3 is 10.6 Å². The second kappa shape index (κ2) is 3.44. The first-order valence-corrected chi connectivity index (χ1v) is 5.79. The van der Waals surface area contributed by atoms with Crippen LogP contribution in [0, 0.1) is 0 Å². The van der Waals surface area contributed by atoms with Crippen LogP contribution in [0.3, 0.4) is 0 Å². The topological polar surface area (TPSA) is 41.6 Å². The molecule has 0 amide bonds. The van der Waals surface area contributed by atoms with Crippen LogP contribution in [0.5, 0.6) is 0 Å². The Labute approximate surface area is 86.4 Å². The van der Waals surface area contributed by atoms with Crippen molar-refractivity contribution in [3.8, 4) is 0 Å². The fraction of sp³-hybridized carbons (Fsp3) is 0.909. The fourth-order valence-electron chi connectivity index (χ4n) is 2.93. The third-order valence-corrected chi connectivity index (χ3v) is 3.86. The van der Waals surface area contributed by atoms with Crippen LogP contribution in [0.1, 0.15) is 46.0 Å². The lowest BCUT2D eigenvalue weighted by molar-refractivity contribution is 0.158. The van der Waals surface area contributed by atoms with Crippen LogP contribution in [0.25, 0.3) is 0 Å². The third-order valence-electron chi connectivity index (χ3n) is 3.86. The van der Waals surface area contributed by atoms with Gasteiger partial charge in [-0.2, -0.15) is 0 Å². The molecule has 1 fully saturated rings. The Morgan fingerprint density at radius 1 is 1.50 bits per heavy atom. The van der Waals surface area contributed by atoms with Crippen LogP contribution in [0.4, 0.5) is 0 Å². The summed E-state index contributed by atoms with van der Waals surface area (Å²) in [6.07, 6.45) is 6.40. The summed E-state index contributed by atoms with van der Waals surface area (Å²) in [5.41, 5.74) is 6.29. The first-order valence-electron chi connectivity index (χ1n) is 5.79. The smallest absolute Gasteiger partial charge is 0.192 e. The highest BCUT2D eigenvalue weighted by Gasteiger charge is 2.45. The zero-order chi connectivity index (χ0) is 10.2. The van der Waals surface area contributed by atoms with Crippen LogP contribution in [0.15, 0.2) is 4.99 Å². The summed E-state index contributed by atoms with van der Waals surface area (Å²) in [5, 5.41) is 0. The van der Waals surface area contributed by atoms with Gasteiger partial charge in [0, 0.05) is 6.04 Å². The zero-order valence-corrected chi connectivity index (χ0v) is 9.29. The quantitative estimate of drug-likeness (QED) is 0.729. The minimum absolute atomic E-state index is 0.305. The molecule has 80 valence electrons. The van der Waals surface area contributed by atoms with Gasteiger partial charge in [-0.15, -0.1) is 0 Å². The summed E-state index contributed by atoms with van der Waals surface area (Å²) in [4.78, 5) is 6.83. The Balaban J connectivity index is 2.20. The molecule has 1 spiro atoms. The Kier molecular flexibility index (Phi) is 2.41. The van der Waals surface area contributed by atoms with Gasteiger partial charge >= 0.3 is 0 Å². The monoisotopic (exact) mass is 195 g/mol. The van der Waals surface area contributed by atoms with Gasteiger partial charge in [0.25, 0.3) is 0 Å². The number of nitrogens with two attached hydrogens (primary N) is 1. The molecule has 3 heteroatoms. The van der Waals surface area contributed by atoms with Gasteiger partial charge in [0.05, 0.1) is 12.1 Å². The molecule has 2 aliphatic rings. The minimum Gasteiger partial charge on any atom is -0.370 e. The number of rotatable bonds is 2. The van der Waals surface area contributed by atoms with E-state index in [1.807, 2.05) is 0 Å². The average Bonchev–Trinajstić information content (AvgIpc) is 2.76. The van der Waals surface area contributed by atoms with Crippen molar-refractivity contribution in [2.45, 2.75) is 57.5 Å². The summed E-state index contributed by atoms with van der Waals surface area (Å²) in [6.45, 7) is 5.41. The lowest BCUT2D eigenvalue weighted by Crippen LogP contribution is -2.53. The molecule has 1 saturated carbocycles. The molecule has 3 nitrogen and oxygen atoms in total. The molecule has 2 N–H and O–H groups in total. The van der Waals surface area contributed by atoms with Crippen molar-refractivity contribution in [1.82, 2.24) is 4.90 Å². The van der Waals surface area contributed by atoms with Crippen LogP contribution in [-0.2, 0) is 0 Å². The van der Waals surface area contributed by atoms with E-state index in [0.717, 1.165) is 18.9 Å². The third kappa shape index (κ3) is 1.30. The summed E-state index contributed by atoms with van der Waals surface area (Å²) in [5.74, 6) is 0.779. The van der Waals surface area contributed by atoms with E-state index < -0.39 is 0 Å². The second-order valence-electron chi connectivity index (χ2n) is 4.73. The molecule has 0 saturated heterocycles. The van der Waals surface area contributed by atoms with Crippen molar-refractivity contribution < 1.29 is 0 Å². The summed E-state index contributed by atoms with van der Waals surface area (Å²) in [6, 6.07) is 0.541. The van der Waals surface area contributed by atoms with E-state index in [4.69, 9.17) is 5.73 Å². The molecule has 1 atom stereocenters. The lowest BCUT2D eigenvalue weighted by atomic mass is 9.94. The fourth-order valence-corrected chi connectivity index (χ4v) is 2.93. The van der Waals surface area contributed by atoms with Crippen LogP contribution >= 0.6 is 0 Å². The van der Waals surface area contributed by atoms with Crippen molar-refractivity contribution in [1.29, 1.82) is 0 Å². The molecule has 1 heterocycles. The SMILES string of the molecule is CCC(C)N1C(N)=NCC12CCCC2. The Bertz CT molecular complexity index is 241. The van der Waals surface area contributed by atoms with Crippen LogP contribution in [-0.4, -0.2) is 29.0 Å². The standard InChI is InChI=1S/C11H21N3/c1-3-9(2)14-10(12)13-8-11(14)6-4-5-7-11/h9H,3-8H2,1-2H3,(H2,12,13). The lowest BCUT2D eigenvalue weighted by Gasteiger charge is -2.40. The van der Waals surface area contributed by atoms with Gasteiger partial charge in [-0.05, 0) is 26.2 Å². The van der Waals surface area contributed by atoms with E-state index in [1.54, 1.807) is 0 Å². The van der Waals surface area contributed by atoms with Gasteiger partial charge in [-0.25, -0.2) is 0 Å². The van der Waals surface area contributed by atoms with Crippen molar-refractivity contribution in [2.75, 3.05) is 6.54 Å². The van der Waals surface area contributed by atoms with Crippen molar-refractivity contribution >= 4 is 5.96 Å². The maximum absolute atomic E-state index is 5.99. The molecule has 0 aromatic rings. The van der Waals surface area contributed by atoms with E-state index in [0.29, 0.717) is 11.6 Å². The molecule has 1 aliphatic heterocycles. The molecule has 1 unspecified atom stereocenters. The van der Waals surface area contributed by atoms with Gasteiger partial charge in [0.15, 0.2) is 5.96 Å². The molecule has 0 aromatic heterocycles. The van der Waals surface area contributed by atoms with E-state index in [9.17, 15) is 0 Å². The second-order valence-corrected chi connectivity index (χ2v) is 4.73. The maximum atomic E-state index is 5.99. The van der Waals surface area contributed by atoms with Crippen LogP contribution < -0.4 is 5.73 Å². The van der Waals surface area contributed by atoms with E-state index in [-0.39, 0.29) is 0 Å².